The Morgan fingerprint density at radius 1 is 1.42 bits per heavy atom. The summed E-state index contributed by atoms with van der Waals surface area (Å²) in [4.78, 5) is 15.4. The Bertz CT molecular complexity index is 217. The van der Waals surface area contributed by atoms with E-state index in [0.29, 0.717) is 5.91 Å². The van der Waals surface area contributed by atoms with Crippen LogP contribution in [-0.4, -0.2) is 48.4 Å². The first-order valence-corrected chi connectivity index (χ1v) is 4.59. The quantitative estimate of drug-likeness (QED) is 0.486. The zero-order chi connectivity index (χ0) is 8.77. The summed E-state index contributed by atoms with van der Waals surface area (Å²) < 4.78 is 0. The molecule has 0 aromatic rings. The molecule has 2 aliphatic rings. The Balaban J connectivity index is 2.07. The number of rotatable bonds is 0. The molecule has 68 valence electrons. The molecule has 0 aliphatic carbocycles. The fourth-order valence-electron chi connectivity index (χ4n) is 2.45. The van der Waals surface area contributed by atoms with Crippen molar-refractivity contribution in [3.05, 3.63) is 0 Å². The highest BCUT2D eigenvalue weighted by atomic mass is 16.2. The van der Waals surface area contributed by atoms with Gasteiger partial charge in [-0.1, -0.05) is 0 Å². The van der Waals surface area contributed by atoms with E-state index in [0.717, 1.165) is 13.0 Å². The van der Waals surface area contributed by atoms with E-state index in [2.05, 4.69) is 11.9 Å². The van der Waals surface area contributed by atoms with E-state index < -0.39 is 0 Å². The van der Waals surface area contributed by atoms with Crippen molar-refractivity contribution < 1.29 is 4.79 Å². The van der Waals surface area contributed by atoms with Crippen molar-refractivity contribution >= 4 is 5.91 Å². The van der Waals surface area contributed by atoms with Gasteiger partial charge in [0.1, 0.15) is 0 Å². The lowest BCUT2D eigenvalue weighted by molar-refractivity contribution is -0.158. The van der Waals surface area contributed by atoms with Gasteiger partial charge in [-0.05, 0) is 26.4 Å². The number of hydrogen-bond acceptors (Lipinski definition) is 2. The first-order chi connectivity index (χ1) is 5.64. The van der Waals surface area contributed by atoms with Crippen LogP contribution >= 0.6 is 0 Å². The lowest BCUT2D eigenvalue weighted by Gasteiger charge is -2.54. The first-order valence-electron chi connectivity index (χ1n) is 4.59. The van der Waals surface area contributed by atoms with Crippen molar-refractivity contribution in [2.75, 3.05) is 27.2 Å². The molecule has 0 aromatic heterocycles. The van der Waals surface area contributed by atoms with Crippen LogP contribution in [0.5, 0.6) is 0 Å². The van der Waals surface area contributed by atoms with E-state index in [-0.39, 0.29) is 5.54 Å². The number of carbonyl (C=O) groups excluding carboxylic acids is 1. The summed E-state index contributed by atoms with van der Waals surface area (Å²) in [6, 6.07) is 0. The van der Waals surface area contributed by atoms with E-state index in [9.17, 15) is 4.79 Å². The van der Waals surface area contributed by atoms with Gasteiger partial charge in [-0.2, -0.15) is 0 Å². The van der Waals surface area contributed by atoms with Crippen LogP contribution < -0.4 is 0 Å². The predicted octanol–water partition coefficient (Wildman–Crippen LogP) is 0.313. The van der Waals surface area contributed by atoms with Gasteiger partial charge in [0.2, 0.25) is 5.91 Å². The van der Waals surface area contributed by atoms with Crippen molar-refractivity contribution in [3.8, 4) is 0 Å². The van der Waals surface area contributed by atoms with Gasteiger partial charge in [0, 0.05) is 13.6 Å². The summed E-state index contributed by atoms with van der Waals surface area (Å²) in [6.45, 7) is 2.25. The van der Waals surface area contributed by atoms with E-state index >= 15 is 0 Å². The van der Waals surface area contributed by atoms with Crippen molar-refractivity contribution in [2.45, 2.75) is 24.8 Å². The number of β-lactam (4-membered cyclic amide) rings is 1. The van der Waals surface area contributed by atoms with E-state index in [1.54, 1.807) is 0 Å². The molecule has 1 amide bonds. The summed E-state index contributed by atoms with van der Waals surface area (Å²) in [6.07, 6.45) is 3.20. The van der Waals surface area contributed by atoms with Crippen molar-refractivity contribution in [1.82, 2.24) is 9.80 Å². The standard InChI is InChI=1S/C9H16N2O/c1-10-5-3-4-9(7-10)6-8(12)11(9)2/h3-7H2,1-2H3/t9-/m1/s1. The summed E-state index contributed by atoms with van der Waals surface area (Å²) >= 11 is 0. The number of likely N-dealkylation sites (N-methyl/N-ethyl adjacent to an activating group) is 2. The number of hydrogen-bond donors (Lipinski definition) is 0. The largest absolute Gasteiger partial charge is 0.338 e. The average Bonchev–Trinajstić information content (AvgIpc) is 2.04. The normalized spacial score (nSPS) is 37.2. The second kappa shape index (κ2) is 2.46. The molecule has 0 N–H and O–H groups in total. The third-order valence-electron chi connectivity index (χ3n) is 3.31. The summed E-state index contributed by atoms with van der Waals surface area (Å²) in [7, 11) is 4.07. The third kappa shape index (κ3) is 0.959. The molecule has 0 saturated carbocycles. The molecule has 0 unspecified atom stereocenters. The van der Waals surface area contributed by atoms with Gasteiger partial charge in [-0.15, -0.1) is 0 Å². The minimum atomic E-state index is 0.212. The second-order valence-electron chi connectivity index (χ2n) is 4.20. The Hall–Kier alpha value is -0.570. The molecule has 0 bridgehead atoms. The summed E-state index contributed by atoms with van der Waals surface area (Å²) in [5.74, 6) is 0.310. The lowest BCUT2D eigenvalue weighted by atomic mass is 9.78. The van der Waals surface area contributed by atoms with Crippen LogP contribution in [-0.2, 0) is 4.79 Å². The molecule has 1 spiro atoms. The van der Waals surface area contributed by atoms with Gasteiger partial charge in [-0.3, -0.25) is 4.79 Å². The van der Waals surface area contributed by atoms with Crippen molar-refractivity contribution in [2.24, 2.45) is 0 Å². The Morgan fingerprint density at radius 2 is 2.17 bits per heavy atom. The maximum Gasteiger partial charge on any atom is 0.225 e. The van der Waals surface area contributed by atoms with E-state index in [4.69, 9.17) is 0 Å². The van der Waals surface area contributed by atoms with Crippen LogP contribution in [0.4, 0.5) is 0 Å². The second-order valence-corrected chi connectivity index (χ2v) is 4.20. The zero-order valence-corrected chi connectivity index (χ0v) is 7.84. The highest BCUT2D eigenvalue weighted by molar-refractivity contribution is 5.84. The van der Waals surface area contributed by atoms with Crippen molar-refractivity contribution in [1.29, 1.82) is 0 Å². The van der Waals surface area contributed by atoms with Crippen LogP contribution in [0.2, 0.25) is 0 Å². The van der Waals surface area contributed by atoms with Gasteiger partial charge < -0.3 is 9.80 Å². The van der Waals surface area contributed by atoms with Gasteiger partial charge >= 0.3 is 0 Å². The zero-order valence-electron chi connectivity index (χ0n) is 7.84. The van der Waals surface area contributed by atoms with Gasteiger partial charge in [0.15, 0.2) is 0 Å². The summed E-state index contributed by atoms with van der Waals surface area (Å²) in [5.41, 5.74) is 0.212. The number of likely N-dealkylation sites (tertiary alicyclic amines) is 2. The lowest BCUT2D eigenvalue weighted by Crippen LogP contribution is -2.67. The van der Waals surface area contributed by atoms with Crippen LogP contribution in [0.3, 0.4) is 0 Å². The fourth-order valence-corrected chi connectivity index (χ4v) is 2.45. The molecular formula is C9H16N2O. The predicted molar refractivity (Wildman–Crippen MR) is 46.8 cm³/mol. The molecule has 3 nitrogen and oxygen atoms in total. The molecule has 2 fully saturated rings. The number of piperidine rings is 1. The fraction of sp³-hybridized carbons (Fsp3) is 0.889. The molecule has 1 atom stereocenters. The number of nitrogens with zero attached hydrogens (tertiary/aromatic N) is 2. The van der Waals surface area contributed by atoms with Crippen LogP contribution in [0.15, 0.2) is 0 Å². The minimum Gasteiger partial charge on any atom is -0.338 e. The molecule has 2 heterocycles. The number of amides is 1. The van der Waals surface area contributed by atoms with E-state index in [1.807, 2.05) is 11.9 Å². The third-order valence-corrected chi connectivity index (χ3v) is 3.31. The van der Waals surface area contributed by atoms with Gasteiger partial charge in [0.25, 0.3) is 0 Å². The molecule has 0 aromatic carbocycles. The molecule has 12 heavy (non-hydrogen) atoms. The average molecular weight is 168 g/mol. The minimum absolute atomic E-state index is 0.212. The molecular weight excluding hydrogens is 152 g/mol. The van der Waals surface area contributed by atoms with Crippen LogP contribution in [0, 0.1) is 0 Å². The maximum absolute atomic E-state index is 11.1. The Morgan fingerprint density at radius 3 is 2.67 bits per heavy atom. The SMILES string of the molecule is CN1CCC[C@@]2(CC(=O)N2C)C1. The summed E-state index contributed by atoms with van der Waals surface area (Å²) in [5, 5.41) is 0. The maximum atomic E-state index is 11.1. The van der Waals surface area contributed by atoms with Gasteiger partial charge in [0.05, 0.1) is 12.0 Å². The topological polar surface area (TPSA) is 23.6 Å². The highest BCUT2D eigenvalue weighted by Crippen LogP contribution is 2.37. The van der Waals surface area contributed by atoms with E-state index in [1.165, 1.54) is 19.4 Å². The molecule has 2 rings (SSSR count). The molecule has 2 aliphatic heterocycles. The van der Waals surface area contributed by atoms with Gasteiger partial charge in [-0.25, -0.2) is 0 Å². The Labute approximate surface area is 73.3 Å². The highest BCUT2D eigenvalue weighted by Gasteiger charge is 2.49. The molecule has 0 radical (unpaired) electrons. The smallest absolute Gasteiger partial charge is 0.225 e. The van der Waals surface area contributed by atoms with Crippen LogP contribution in [0.25, 0.3) is 0 Å². The Kier molecular flexibility index (Phi) is 1.65. The number of carbonyl (C=O) groups is 1. The first kappa shape index (κ1) is 8.05. The molecule has 3 heteroatoms. The van der Waals surface area contributed by atoms with Crippen LogP contribution in [0.1, 0.15) is 19.3 Å². The molecule has 2 saturated heterocycles. The van der Waals surface area contributed by atoms with Crippen molar-refractivity contribution in [3.63, 3.8) is 0 Å². The monoisotopic (exact) mass is 168 g/mol.